The Morgan fingerprint density at radius 1 is 1.04 bits per heavy atom. The van der Waals surface area contributed by atoms with Crippen LogP contribution in [0.4, 0.5) is 0 Å². The van der Waals surface area contributed by atoms with Gasteiger partial charge in [0.1, 0.15) is 0 Å². The molecule has 0 aliphatic heterocycles. The van der Waals surface area contributed by atoms with Gasteiger partial charge in [-0.25, -0.2) is 5.57 Å². The normalized spacial score (nSPS) is 15.2. The number of halogens is 2. The number of allylic oxidation sites excluding steroid dienone is 4. The van der Waals surface area contributed by atoms with E-state index in [1.54, 1.807) is 0 Å². The smallest absolute Gasteiger partial charge is 0.0809 e. The van der Waals surface area contributed by atoms with Crippen molar-refractivity contribution in [2.24, 2.45) is 5.92 Å². The molecule has 0 fully saturated rings. The molecule has 3 rings (SSSR count). The van der Waals surface area contributed by atoms with E-state index in [0.717, 1.165) is 0 Å². The van der Waals surface area contributed by atoms with E-state index < -0.39 is 0 Å². The van der Waals surface area contributed by atoms with E-state index in [0.29, 0.717) is 5.92 Å². The average Bonchev–Trinajstić information content (AvgIpc) is 3.01. The summed E-state index contributed by atoms with van der Waals surface area (Å²) in [6, 6.07) is 14.7. The van der Waals surface area contributed by atoms with E-state index >= 15 is 0 Å². The SMILES string of the molecule is CC1=[C-]C(C)C(C)=C1C.C[C](C)=[Ti+2].[Cl-].[Cl-].c1ccc2[cH-]ccc2c1. The Labute approximate surface area is 171 Å². The summed E-state index contributed by atoms with van der Waals surface area (Å²) >= 11 is 2.08. The molecule has 130 valence electrons. The van der Waals surface area contributed by atoms with Crippen LogP contribution in [0.25, 0.3) is 10.8 Å². The van der Waals surface area contributed by atoms with Gasteiger partial charge in [-0.3, -0.25) is 6.08 Å². The van der Waals surface area contributed by atoms with Crippen molar-refractivity contribution in [2.45, 2.75) is 41.5 Å². The Morgan fingerprint density at radius 2 is 1.58 bits per heavy atom. The van der Waals surface area contributed by atoms with Crippen molar-refractivity contribution in [1.82, 2.24) is 0 Å². The summed E-state index contributed by atoms with van der Waals surface area (Å²) in [5.41, 5.74) is 4.25. The standard InChI is InChI=1S/C9H7.C9H13.C3H6.2ClH.Ti/c1-2-5-9-7-3-6-8(9)4-1;1-6-5-7(2)9(4)8(6)3;1-3-2;;;/h1-7H;6H,1-4H3;1-2H3;2*1H;/q2*-1;;;;+2/p-2. The molecule has 0 heterocycles. The second-order valence-corrected chi connectivity index (χ2v) is 7.52. The van der Waals surface area contributed by atoms with Crippen LogP contribution in [0, 0.1) is 12.0 Å². The number of benzene rings is 1. The number of hydrogen-bond donors (Lipinski definition) is 0. The van der Waals surface area contributed by atoms with Crippen LogP contribution in [0.3, 0.4) is 0 Å². The van der Waals surface area contributed by atoms with Crippen molar-refractivity contribution >= 4 is 14.6 Å². The van der Waals surface area contributed by atoms with Gasteiger partial charge < -0.3 is 24.8 Å². The topological polar surface area (TPSA) is 0 Å². The van der Waals surface area contributed by atoms with Crippen LogP contribution in [-0.2, 0) is 20.0 Å². The molecule has 0 saturated carbocycles. The monoisotopic (exact) mass is 396 g/mol. The summed E-state index contributed by atoms with van der Waals surface area (Å²) in [4.78, 5) is 0. The molecule has 0 radical (unpaired) electrons. The maximum atomic E-state index is 3.36. The summed E-state index contributed by atoms with van der Waals surface area (Å²) in [6.45, 7) is 12.8. The van der Waals surface area contributed by atoms with E-state index in [1.807, 2.05) is 0 Å². The zero-order chi connectivity index (χ0) is 16.7. The van der Waals surface area contributed by atoms with Gasteiger partial charge in [0.15, 0.2) is 0 Å². The first-order chi connectivity index (χ1) is 10.3. The van der Waals surface area contributed by atoms with Gasteiger partial charge in [-0.15, -0.1) is 36.6 Å². The predicted octanol–water partition coefficient (Wildman–Crippen LogP) is 0.0341. The van der Waals surface area contributed by atoms with Crippen molar-refractivity contribution in [2.75, 3.05) is 0 Å². The largest absolute Gasteiger partial charge is 1.00 e. The zero-order valence-corrected chi connectivity index (χ0v) is 18.4. The second-order valence-electron chi connectivity index (χ2n) is 5.95. The zero-order valence-electron chi connectivity index (χ0n) is 15.4. The van der Waals surface area contributed by atoms with Gasteiger partial charge in [0, 0.05) is 0 Å². The van der Waals surface area contributed by atoms with Gasteiger partial charge in [-0.05, 0) is 0 Å². The maximum absolute atomic E-state index is 3.36. The third-order valence-electron chi connectivity index (χ3n) is 3.78. The fourth-order valence-electron chi connectivity index (χ4n) is 2.23. The number of rotatable bonds is 0. The first-order valence-electron chi connectivity index (χ1n) is 7.73. The molecule has 0 saturated heterocycles. The molecule has 0 nitrogen and oxygen atoms in total. The van der Waals surface area contributed by atoms with Crippen LogP contribution in [-0.4, -0.2) is 3.81 Å². The number of fused-ring (bicyclic) bond motifs is 1. The van der Waals surface area contributed by atoms with Crippen LogP contribution in [0.2, 0.25) is 0 Å². The summed E-state index contributed by atoms with van der Waals surface area (Å²) in [5.74, 6) is 0.560. The Morgan fingerprint density at radius 3 is 1.96 bits per heavy atom. The minimum absolute atomic E-state index is 0. The minimum Gasteiger partial charge on any atom is -1.00 e. The Bertz CT molecular complexity index is 658. The van der Waals surface area contributed by atoms with Crippen LogP contribution in [0.15, 0.2) is 59.2 Å². The minimum atomic E-state index is 0. The van der Waals surface area contributed by atoms with E-state index in [-0.39, 0.29) is 24.8 Å². The first kappa shape index (κ1) is 25.7. The van der Waals surface area contributed by atoms with Gasteiger partial charge in [0.05, 0.1) is 0 Å². The van der Waals surface area contributed by atoms with Crippen LogP contribution in [0.5, 0.6) is 0 Å². The van der Waals surface area contributed by atoms with Gasteiger partial charge in [0.25, 0.3) is 0 Å². The summed E-state index contributed by atoms with van der Waals surface area (Å²) in [6.07, 6.45) is 3.36. The van der Waals surface area contributed by atoms with E-state index in [9.17, 15) is 0 Å². The van der Waals surface area contributed by atoms with Gasteiger partial charge in [-0.2, -0.15) is 28.7 Å². The molecule has 0 bridgehead atoms. The first-order valence-corrected chi connectivity index (χ1v) is 8.51. The fraction of sp³-hybridized carbons (Fsp3) is 0.333. The van der Waals surface area contributed by atoms with Crippen molar-refractivity contribution in [1.29, 1.82) is 0 Å². The van der Waals surface area contributed by atoms with Gasteiger partial charge in [0.2, 0.25) is 0 Å². The molecular weight excluding hydrogens is 371 g/mol. The van der Waals surface area contributed by atoms with Gasteiger partial charge >= 0.3 is 37.6 Å². The molecular formula is C21H26Cl2Ti-2. The quantitative estimate of drug-likeness (QED) is 0.435. The predicted molar refractivity (Wildman–Crippen MR) is 95.9 cm³/mol. The fourth-order valence-corrected chi connectivity index (χ4v) is 2.23. The summed E-state index contributed by atoms with van der Waals surface area (Å²) < 4.78 is 1.42. The molecule has 0 spiro atoms. The molecule has 1 atom stereocenters. The second kappa shape index (κ2) is 12.8. The average molecular weight is 397 g/mol. The molecule has 24 heavy (non-hydrogen) atoms. The van der Waals surface area contributed by atoms with E-state index in [2.05, 4.69) is 110 Å². The third kappa shape index (κ3) is 8.54. The van der Waals surface area contributed by atoms with Gasteiger partial charge in [-0.1, -0.05) is 32.8 Å². The van der Waals surface area contributed by atoms with Crippen LogP contribution < -0.4 is 24.8 Å². The molecule has 3 heteroatoms. The molecule has 0 N–H and O–H groups in total. The van der Waals surface area contributed by atoms with Crippen molar-refractivity contribution < 1.29 is 44.8 Å². The molecule has 2 aromatic rings. The molecule has 0 amide bonds. The van der Waals surface area contributed by atoms with E-state index in [4.69, 9.17) is 0 Å². The summed E-state index contributed by atoms with van der Waals surface area (Å²) in [7, 11) is 0. The maximum Gasteiger partial charge on any atom is -0.0809 e. The summed E-state index contributed by atoms with van der Waals surface area (Å²) in [5, 5.41) is 2.66. The Kier molecular flexibility index (Phi) is 13.7. The molecule has 1 aliphatic carbocycles. The molecule has 2 aromatic carbocycles. The molecule has 0 aromatic heterocycles. The van der Waals surface area contributed by atoms with Crippen molar-refractivity contribution in [3.63, 3.8) is 0 Å². The van der Waals surface area contributed by atoms with Crippen molar-refractivity contribution in [3.8, 4) is 0 Å². The Balaban J connectivity index is 0. The van der Waals surface area contributed by atoms with Crippen LogP contribution >= 0.6 is 0 Å². The van der Waals surface area contributed by atoms with Crippen LogP contribution in [0.1, 0.15) is 41.5 Å². The Hall–Kier alpha value is -0.526. The van der Waals surface area contributed by atoms with Crippen molar-refractivity contribution in [3.05, 3.63) is 65.3 Å². The van der Waals surface area contributed by atoms with E-state index in [1.165, 1.54) is 31.3 Å². The number of hydrogen-bond acceptors (Lipinski definition) is 0. The third-order valence-corrected chi connectivity index (χ3v) is 3.78. The molecule has 1 aliphatic rings. The molecule has 1 unspecified atom stereocenters.